The molecule has 21 heavy (non-hydrogen) atoms. The second kappa shape index (κ2) is 7.05. The predicted molar refractivity (Wildman–Crippen MR) is 87.8 cm³/mol. The maximum Gasteiger partial charge on any atom is 0.182 e. The lowest BCUT2D eigenvalue weighted by Gasteiger charge is -2.25. The van der Waals surface area contributed by atoms with Crippen LogP contribution in [0.1, 0.15) is 48.3 Å². The lowest BCUT2D eigenvalue weighted by atomic mass is 9.89. The Morgan fingerprint density at radius 3 is 3.19 bits per heavy atom. The molecule has 1 aliphatic carbocycles. The summed E-state index contributed by atoms with van der Waals surface area (Å²) in [4.78, 5) is 5.58. The summed E-state index contributed by atoms with van der Waals surface area (Å²) in [6, 6.07) is 8.67. The summed E-state index contributed by atoms with van der Waals surface area (Å²) in [6.45, 7) is 3.79. The number of hydrogen-bond donors (Lipinski definition) is 1. The molecule has 112 valence electrons. The fourth-order valence-corrected chi connectivity index (χ4v) is 3.51. The highest BCUT2D eigenvalue weighted by Gasteiger charge is 2.20. The van der Waals surface area contributed by atoms with E-state index in [0.717, 1.165) is 24.5 Å². The Morgan fingerprint density at radius 1 is 1.38 bits per heavy atom. The van der Waals surface area contributed by atoms with Gasteiger partial charge in [-0.2, -0.15) is 0 Å². The van der Waals surface area contributed by atoms with Crippen molar-refractivity contribution in [2.75, 3.05) is 11.9 Å². The Labute approximate surface area is 130 Å². The van der Waals surface area contributed by atoms with Crippen LogP contribution in [0.2, 0.25) is 0 Å². The molecule has 3 nitrogen and oxygen atoms in total. The van der Waals surface area contributed by atoms with Crippen molar-refractivity contribution in [3.05, 3.63) is 46.5 Å². The Kier molecular flexibility index (Phi) is 4.88. The van der Waals surface area contributed by atoms with E-state index in [4.69, 9.17) is 4.74 Å². The molecular formula is C17H22N2OS. The number of aryl methyl sites for hydroxylation is 1. The molecule has 2 aromatic rings. The van der Waals surface area contributed by atoms with Gasteiger partial charge in [0.15, 0.2) is 5.13 Å². The minimum Gasteiger partial charge on any atom is -0.368 e. The molecule has 0 radical (unpaired) electrons. The highest BCUT2D eigenvalue weighted by Crippen LogP contribution is 2.33. The predicted octanol–water partition coefficient (Wildman–Crippen LogP) is 4.56. The minimum atomic E-state index is 0.240. The number of anilines is 1. The first-order chi connectivity index (χ1) is 10.4. The Hall–Kier alpha value is -1.39. The van der Waals surface area contributed by atoms with Gasteiger partial charge in [0.25, 0.3) is 0 Å². The minimum absolute atomic E-state index is 0.240. The monoisotopic (exact) mass is 302 g/mol. The lowest BCUT2D eigenvalue weighted by Crippen LogP contribution is -2.12. The first-order valence-electron chi connectivity index (χ1n) is 7.75. The zero-order valence-electron chi connectivity index (χ0n) is 12.5. The van der Waals surface area contributed by atoms with Crippen LogP contribution >= 0.6 is 11.3 Å². The van der Waals surface area contributed by atoms with Crippen LogP contribution in [0.25, 0.3) is 0 Å². The van der Waals surface area contributed by atoms with E-state index >= 15 is 0 Å². The van der Waals surface area contributed by atoms with E-state index in [1.54, 1.807) is 11.3 Å². The van der Waals surface area contributed by atoms with Gasteiger partial charge < -0.3 is 10.1 Å². The molecule has 0 saturated carbocycles. The summed E-state index contributed by atoms with van der Waals surface area (Å²) >= 11 is 1.70. The Balaban J connectivity index is 1.59. The van der Waals surface area contributed by atoms with Crippen LogP contribution in [0.3, 0.4) is 0 Å². The van der Waals surface area contributed by atoms with E-state index in [1.807, 2.05) is 6.20 Å². The van der Waals surface area contributed by atoms with E-state index in [2.05, 4.69) is 41.5 Å². The summed E-state index contributed by atoms with van der Waals surface area (Å²) in [7, 11) is 0. The highest BCUT2D eigenvalue weighted by atomic mass is 32.1. The molecule has 0 spiro atoms. The number of fused-ring (bicyclic) bond motifs is 1. The van der Waals surface area contributed by atoms with Crippen LogP contribution in [0, 0.1) is 0 Å². The van der Waals surface area contributed by atoms with Gasteiger partial charge in [0.05, 0.1) is 17.6 Å². The zero-order valence-corrected chi connectivity index (χ0v) is 13.3. The molecule has 1 aliphatic rings. The number of thiazole rings is 1. The van der Waals surface area contributed by atoms with Crippen LogP contribution in [0.5, 0.6) is 0 Å². The summed E-state index contributed by atoms with van der Waals surface area (Å²) in [5, 5.41) is 4.32. The van der Waals surface area contributed by atoms with Gasteiger partial charge in [-0.3, -0.25) is 0 Å². The summed E-state index contributed by atoms with van der Waals surface area (Å²) < 4.78 is 6.16. The van der Waals surface area contributed by atoms with Gasteiger partial charge in [-0.25, -0.2) is 4.98 Å². The van der Waals surface area contributed by atoms with Gasteiger partial charge in [0, 0.05) is 12.7 Å². The standard InChI is InChI=1S/C17H22N2OS/c1-2-10-18-17-19-11-14(21-17)12-20-16-9-5-7-13-6-3-4-8-15(13)16/h3-4,6,8,11,16H,2,5,7,9-10,12H2,1H3,(H,18,19). The molecule has 0 amide bonds. The number of nitrogens with zero attached hydrogens (tertiary/aromatic N) is 1. The molecular weight excluding hydrogens is 280 g/mol. The van der Waals surface area contributed by atoms with E-state index < -0.39 is 0 Å². The Bertz CT molecular complexity index is 582. The smallest absolute Gasteiger partial charge is 0.182 e. The second-order valence-electron chi connectivity index (χ2n) is 5.45. The number of hydrogen-bond acceptors (Lipinski definition) is 4. The first-order valence-corrected chi connectivity index (χ1v) is 8.56. The largest absolute Gasteiger partial charge is 0.368 e. The van der Waals surface area contributed by atoms with Gasteiger partial charge in [-0.15, -0.1) is 0 Å². The normalized spacial score (nSPS) is 17.5. The van der Waals surface area contributed by atoms with Crippen LogP contribution in [0.4, 0.5) is 5.13 Å². The summed E-state index contributed by atoms with van der Waals surface area (Å²) in [5.41, 5.74) is 2.82. The zero-order chi connectivity index (χ0) is 14.5. The van der Waals surface area contributed by atoms with E-state index in [-0.39, 0.29) is 6.10 Å². The quantitative estimate of drug-likeness (QED) is 0.849. The highest BCUT2D eigenvalue weighted by molar-refractivity contribution is 7.15. The van der Waals surface area contributed by atoms with Crippen LogP contribution in [0.15, 0.2) is 30.5 Å². The van der Waals surface area contributed by atoms with Gasteiger partial charge in [-0.1, -0.05) is 42.5 Å². The van der Waals surface area contributed by atoms with Crippen LogP contribution in [-0.2, 0) is 17.8 Å². The molecule has 1 aromatic carbocycles. The van der Waals surface area contributed by atoms with E-state index in [1.165, 1.54) is 28.8 Å². The maximum absolute atomic E-state index is 6.16. The van der Waals surface area contributed by atoms with Crippen molar-refractivity contribution < 1.29 is 4.74 Å². The molecule has 1 unspecified atom stereocenters. The van der Waals surface area contributed by atoms with Gasteiger partial charge >= 0.3 is 0 Å². The Morgan fingerprint density at radius 2 is 2.29 bits per heavy atom. The average molecular weight is 302 g/mol. The number of nitrogens with one attached hydrogen (secondary N) is 1. The third kappa shape index (κ3) is 3.63. The number of rotatable bonds is 6. The number of aromatic nitrogens is 1. The molecule has 0 bridgehead atoms. The van der Waals surface area contributed by atoms with Crippen LogP contribution in [-0.4, -0.2) is 11.5 Å². The van der Waals surface area contributed by atoms with Crippen molar-refractivity contribution in [3.63, 3.8) is 0 Å². The fraction of sp³-hybridized carbons (Fsp3) is 0.471. The molecule has 1 atom stereocenters. The molecule has 0 aliphatic heterocycles. The van der Waals surface area contributed by atoms with Gasteiger partial charge in [0.1, 0.15) is 0 Å². The summed E-state index contributed by atoms with van der Waals surface area (Å²) in [5.74, 6) is 0. The SMILES string of the molecule is CCCNc1ncc(COC2CCCc3ccccc32)s1. The fourth-order valence-electron chi connectivity index (χ4n) is 2.75. The van der Waals surface area contributed by atoms with Crippen molar-refractivity contribution in [2.24, 2.45) is 0 Å². The number of ether oxygens (including phenoxy) is 1. The molecule has 0 fully saturated rings. The molecule has 1 N–H and O–H groups in total. The van der Waals surface area contributed by atoms with Crippen molar-refractivity contribution in [1.29, 1.82) is 0 Å². The molecule has 3 rings (SSSR count). The first kappa shape index (κ1) is 14.5. The van der Waals surface area contributed by atoms with Gasteiger partial charge in [-0.05, 0) is 36.8 Å². The third-order valence-corrected chi connectivity index (χ3v) is 4.75. The van der Waals surface area contributed by atoms with Crippen molar-refractivity contribution in [2.45, 2.75) is 45.3 Å². The summed E-state index contributed by atoms with van der Waals surface area (Å²) in [6.07, 6.45) is 6.80. The van der Waals surface area contributed by atoms with Crippen molar-refractivity contribution in [3.8, 4) is 0 Å². The van der Waals surface area contributed by atoms with Gasteiger partial charge in [0.2, 0.25) is 0 Å². The van der Waals surface area contributed by atoms with E-state index in [9.17, 15) is 0 Å². The lowest BCUT2D eigenvalue weighted by molar-refractivity contribution is 0.0297. The molecule has 4 heteroatoms. The topological polar surface area (TPSA) is 34.2 Å². The molecule has 0 saturated heterocycles. The van der Waals surface area contributed by atoms with Crippen molar-refractivity contribution in [1.82, 2.24) is 4.98 Å². The third-order valence-electron chi connectivity index (χ3n) is 3.82. The van der Waals surface area contributed by atoms with Crippen molar-refractivity contribution >= 4 is 16.5 Å². The van der Waals surface area contributed by atoms with Crippen LogP contribution < -0.4 is 5.32 Å². The maximum atomic E-state index is 6.16. The average Bonchev–Trinajstić information content (AvgIpc) is 2.99. The van der Waals surface area contributed by atoms with E-state index in [0.29, 0.717) is 6.61 Å². The molecule has 1 aromatic heterocycles. The second-order valence-corrected chi connectivity index (χ2v) is 6.56. The number of benzene rings is 1. The molecule has 1 heterocycles.